The summed E-state index contributed by atoms with van der Waals surface area (Å²) < 4.78 is 47.1. The highest BCUT2D eigenvalue weighted by molar-refractivity contribution is 5.69. The molecule has 1 aliphatic rings. The Morgan fingerprint density at radius 2 is 2.19 bits per heavy atom. The van der Waals surface area contributed by atoms with Crippen LogP contribution in [0.15, 0.2) is 18.5 Å². The van der Waals surface area contributed by atoms with Crippen LogP contribution in [0.25, 0.3) is 0 Å². The van der Waals surface area contributed by atoms with Gasteiger partial charge in [0.2, 0.25) is 0 Å². The summed E-state index contributed by atoms with van der Waals surface area (Å²) in [6.45, 7) is -1.64. The van der Waals surface area contributed by atoms with Crippen LogP contribution in [0.4, 0.5) is 13.2 Å². The molecule has 0 saturated heterocycles. The van der Waals surface area contributed by atoms with Crippen LogP contribution in [0.3, 0.4) is 0 Å². The van der Waals surface area contributed by atoms with Crippen molar-refractivity contribution in [1.82, 2.24) is 9.78 Å². The zero-order valence-corrected chi connectivity index (χ0v) is 11.4. The first-order valence-electron chi connectivity index (χ1n) is 6.79. The second-order valence-electron chi connectivity index (χ2n) is 4.93. The van der Waals surface area contributed by atoms with Crippen LogP contribution in [0.1, 0.15) is 31.7 Å². The van der Waals surface area contributed by atoms with Crippen LogP contribution in [0.2, 0.25) is 0 Å². The highest BCUT2D eigenvalue weighted by atomic mass is 19.4. The van der Waals surface area contributed by atoms with Gasteiger partial charge in [-0.25, -0.2) is 0 Å². The maximum atomic E-state index is 11.9. The summed E-state index contributed by atoms with van der Waals surface area (Å²) in [5, 5.41) is 4.13. The normalized spacial score (nSPS) is 22.4. The molecular formula is C13H17F3N2O3. The maximum absolute atomic E-state index is 11.9. The second kappa shape index (κ2) is 6.93. The number of ether oxygens (including phenoxy) is 2. The third kappa shape index (κ3) is 5.04. The largest absolute Gasteiger partial charge is 0.460 e. The summed E-state index contributed by atoms with van der Waals surface area (Å²) in [4.78, 5) is 11.6. The molecule has 21 heavy (non-hydrogen) atoms. The summed E-state index contributed by atoms with van der Waals surface area (Å²) in [5.74, 6) is -0.541. The van der Waals surface area contributed by atoms with Crippen molar-refractivity contribution in [2.24, 2.45) is 0 Å². The number of halogens is 3. The average molecular weight is 306 g/mol. The molecule has 1 aliphatic carbocycles. The molecular weight excluding hydrogens is 289 g/mol. The lowest BCUT2D eigenvalue weighted by Gasteiger charge is -2.20. The highest BCUT2D eigenvalue weighted by Gasteiger charge is 2.32. The monoisotopic (exact) mass is 306 g/mol. The van der Waals surface area contributed by atoms with Crippen molar-refractivity contribution in [2.75, 3.05) is 13.2 Å². The molecule has 1 saturated carbocycles. The Kier molecular flexibility index (Phi) is 5.22. The first-order valence-corrected chi connectivity index (χ1v) is 6.79. The zero-order valence-electron chi connectivity index (χ0n) is 11.4. The van der Waals surface area contributed by atoms with Gasteiger partial charge in [0, 0.05) is 12.4 Å². The van der Waals surface area contributed by atoms with Crippen LogP contribution in [0.5, 0.6) is 0 Å². The van der Waals surface area contributed by atoms with Crippen molar-refractivity contribution in [3.05, 3.63) is 18.5 Å². The number of carbonyl (C=O) groups is 1. The molecule has 1 aromatic rings. The van der Waals surface area contributed by atoms with E-state index in [-0.39, 0.29) is 25.2 Å². The molecule has 0 amide bonds. The van der Waals surface area contributed by atoms with E-state index in [0.717, 1.165) is 19.3 Å². The molecule has 5 nitrogen and oxygen atoms in total. The highest BCUT2D eigenvalue weighted by Crippen LogP contribution is 2.32. The van der Waals surface area contributed by atoms with E-state index in [1.165, 1.54) is 0 Å². The van der Waals surface area contributed by atoms with Crippen molar-refractivity contribution in [3.63, 3.8) is 0 Å². The Labute approximate surface area is 120 Å². The topological polar surface area (TPSA) is 53.4 Å². The van der Waals surface area contributed by atoms with Crippen molar-refractivity contribution < 1.29 is 27.4 Å². The van der Waals surface area contributed by atoms with E-state index in [0.29, 0.717) is 0 Å². The van der Waals surface area contributed by atoms with Gasteiger partial charge in [0.25, 0.3) is 0 Å². The van der Waals surface area contributed by atoms with Gasteiger partial charge in [0.15, 0.2) is 0 Å². The van der Waals surface area contributed by atoms with E-state index < -0.39 is 18.8 Å². The molecule has 0 aromatic carbocycles. The molecule has 118 valence electrons. The van der Waals surface area contributed by atoms with Gasteiger partial charge in [0.05, 0.1) is 19.1 Å². The molecule has 0 unspecified atom stereocenters. The van der Waals surface area contributed by atoms with E-state index in [1.54, 1.807) is 16.9 Å². The number of carbonyl (C=O) groups excluding carboxylic acids is 1. The molecule has 0 N–H and O–H groups in total. The van der Waals surface area contributed by atoms with Crippen molar-refractivity contribution >= 4 is 5.97 Å². The minimum absolute atomic E-state index is 0.0000403. The molecule has 1 fully saturated rings. The third-order valence-corrected chi connectivity index (χ3v) is 3.28. The lowest BCUT2D eigenvalue weighted by atomic mass is 10.2. The number of rotatable bonds is 6. The van der Waals surface area contributed by atoms with E-state index in [1.807, 2.05) is 6.20 Å². The van der Waals surface area contributed by atoms with Crippen LogP contribution in [-0.2, 0) is 14.3 Å². The van der Waals surface area contributed by atoms with Gasteiger partial charge in [-0.05, 0) is 25.3 Å². The lowest BCUT2D eigenvalue weighted by molar-refractivity contribution is -0.177. The Morgan fingerprint density at radius 3 is 2.86 bits per heavy atom. The number of hydrogen-bond acceptors (Lipinski definition) is 4. The van der Waals surface area contributed by atoms with Crippen molar-refractivity contribution in [3.8, 4) is 0 Å². The van der Waals surface area contributed by atoms with Gasteiger partial charge in [-0.15, -0.1) is 0 Å². The van der Waals surface area contributed by atoms with Gasteiger partial charge in [-0.3, -0.25) is 9.48 Å². The predicted molar refractivity (Wildman–Crippen MR) is 66.5 cm³/mol. The van der Waals surface area contributed by atoms with E-state index >= 15 is 0 Å². The minimum atomic E-state index is -4.37. The summed E-state index contributed by atoms with van der Waals surface area (Å²) in [5.41, 5.74) is 0. The predicted octanol–water partition coefficient (Wildman–Crippen LogP) is 2.49. The zero-order chi connectivity index (χ0) is 15.3. The van der Waals surface area contributed by atoms with Crippen LogP contribution in [0, 0.1) is 0 Å². The Balaban J connectivity index is 1.72. The Bertz CT molecular complexity index is 448. The average Bonchev–Trinajstić information content (AvgIpc) is 3.03. The second-order valence-corrected chi connectivity index (χ2v) is 4.93. The fourth-order valence-electron chi connectivity index (χ4n) is 2.39. The number of nitrogens with zero attached hydrogens (tertiary/aromatic N) is 2. The maximum Gasteiger partial charge on any atom is 0.411 e. The third-order valence-electron chi connectivity index (χ3n) is 3.28. The standard InChI is InChI=1S/C13H17F3N2O3/c14-13(15,16)9-20-8-5-12(19)21-11-4-1-3-10(11)18-7-2-6-17-18/h2,6-7,10-11H,1,3-5,8-9H2/t10-,11-/m1/s1. The molecule has 1 aromatic heterocycles. The van der Waals surface area contributed by atoms with Gasteiger partial charge in [-0.1, -0.05) is 0 Å². The minimum Gasteiger partial charge on any atom is -0.460 e. The lowest BCUT2D eigenvalue weighted by Crippen LogP contribution is -2.26. The van der Waals surface area contributed by atoms with Crippen LogP contribution >= 0.6 is 0 Å². The fourth-order valence-corrected chi connectivity index (χ4v) is 2.39. The molecule has 2 rings (SSSR count). The molecule has 0 aliphatic heterocycles. The molecule has 0 spiro atoms. The van der Waals surface area contributed by atoms with Gasteiger partial charge in [0.1, 0.15) is 12.7 Å². The van der Waals surface area contributed by atoms with E-state index in [4.69, 9.17) is 4.74 Å². The van der Waals surface area contributed by atoms with E-state index in [2.05, 4.69) is 9.84 Å². The number of esters is 1. The molecule has 2 atom stereocenters. The van der Waals surface area contributed by atoms with E-state index in [9.17, 15) is 18.0 Å². The summed E-state index contributed by atoms with van der Waals surface area (Å²) in [6.07, 6.45) is 1.15. The van der Waals surface area contributed by atoms with Gasteiger partial charge in [-0.2, -0.15) is 18.3 Å². The first kappa shape index (κ1) is 15.8. The van der Waals surface area contributed by atoms with Gasteiger partial charge < -0.3 is 9.47 Å². The van der Waals surface area contributed by atoms with Crippen LogP contribution in [-0.4, -0.2) is 41.2 Å². The number of alkyl halides is 3. The van der Waals surface area contributed by atoms with Crippen LogP contribution < -0.4 is 0 Å². The quantitative estimate of drug-likeness (QED) is 0.598. The smallest absolute Gasteiger partial charge is 0.411 e. The van der Waals surface area contributed by atoms with Crippen molar-refractivity contribution in [1.29, 1.82) is 0 Å². The molecule has 8 heteroatoms. The molecule has 0 radical (unpaired) electrons. The Hall–Kier alpha value is -1.57. The number of aromatic nitrogens is 2. The summed E-state index contributed by atoms with van der Waals surface area (Å²) >= 11 is 0. The fraction of sp³-hybridized carbons (Fsp3) is 0.692. The van der Waals surface area contributed by atoms with Gasteiger partial charge >= 0.3 is 12.1 Å². The summed E-state index contributed by atoms with van der Waals surface area (Å²) in [6, 6.07) is 1.79. The number of hydrogen-bond donors (Lipinski definition) is 0. The SMILES string of the molecule is O=C(CCOCC(F)(F)F)O[C@@H]1CCC[C@H]1n1cccn1. The molecule has 0 bridgehead atoms. The Morgan fingerprint density at radius 1 is 1.38 bits per heavy atom. The van der Waals surface area contributed by atoms with Crippen molar-refractivity contribution in [2.45, 2.75) is 44.0 Å². The molecule has 1 heterocycles. The summed E-state index contributed by atoms with van der Waals surface area (Å²) in [7, 11) is 0. The first-order chi connectivity index (χ1) is 9.96.